The molecule has 1 aliphatic heterocycles. The molecule has 1 fully saturated rings. The van der Waals surface area contributed by atoms with Crippen LogP contribution in [0.4, 0.5) is 14.5 Å². The van der Waals surface area contributed by atoms with E-state index >= 15 is 0 Å². The molecule has 0 spiro atoms. The predicted octanol–water partition coefficient (Wildman–Crippen LogP) is 4.24. The van der Waals surface area contributed by atoms with E-state index in [1.807, 2.05) is 4.90 Å². The van der Waals surface area contributed by atoms with E-state index in [0.29, 0.717) is 48.6 Å². The molecular formula is C21H21F2N5. The summed E-state index contributed by atoms with van der Waals surface area (Å²) in [6.07, 6.45) is 2.51. The van der Waals surface area contributed by atoms with Gasteiger partial charge in [-0.15, -0.1) is 0 Å². The van der Waals surface area contributed by atoms with Crippen LogP contribution in [0, 0.1) is 39.7 Å². The zero-order valence-electron chi connectivity index (χ0n) is 15.5. The van der Waals surface area contributed by atoms with Crippen molar-refractivity contribution in [2.75, 3.05) is 25.0 Å². The predicted molar refractivity (Wildman–Crippen MR) is 106 cm³/mol. The van der Waals surface area contributed by atoms with Gasteiger partial charge in [0, 0.05) is 43.2 Å². The van der Waals surface area contributed by atoms with Crippen LogP contribution in [0.3, 0.4) is 0 Å². The van der Waals surface area contributed by atoms with Gasteiger partial charge in [0.15, 0.2) is 0 Å². The number of nitriles is 1. The van der Waals surface area contributed by atoms with Gasteiger partial charge in [0.2, 0.25) is 0 Å². The number of para-hydroxylation sites is 1. The normalized spacial score (nSPS) is 14.4. The summed E-state index contributed by atoms with van der Waals surface area (Å²) < 4.78 is 27.8. The molecule has 3 rings (SSSR count). The fraction of sp³-hybridized carbons (Fsp3) is 0.286. The molecule has 1 aliphatic rings. The molecule has 0 amide bonds. The topological polar surface area (TPSA) is 78.0 Å². The van der Waals surface area contributed by atoms with Crippen LogP contribution in [0.2, 0.25) is 0 Å². The minimum atomic E-state index is -0.666. The smallest absolute Gasteiger partial charge is 0.134 e. The summed E-state index contributed by atoms with van der Waals surface area (Å²) in [4.78, 5) is 3.52. The van der Waals surface area contributed by atoms with Crippen LogP contribution >= 0.6 is 0 Å². The highest BCUT2D eigenvalue weighted by Crippen LogP contribution is 2.37. The molecule has 0 atom stereocenters. The Morgan fingerprint density at radius 1 is 1.21 bits per heavy atom. The lowest BCUT2D eigenvalue weighted by molar-refractivity contribution is 0.473. The Hall–Kier alpha value is -3.27. The summed E-state index contributed by atoms with van der Waals surface area (Å²) in [6, 6.07) is 10.8. The van der Waals surface area contributed by atoms with Crippen molar-refractivity contribution in [1.82, 2.24) is 4.90 Å². The molecule has 1 saturated heterocycles. The lowest BCUT2D eigenvalue weighted by Crippen LogP contribution is -2.41. The second-order valence-electron chi connectivity index (χ2n) is 6.82. The van der Waals surface area contributed by atoms with E-state index < -0.39 is 11.6 Å². The summed E-state index contributed by atoms with van der Waals surface area (Å²) in [5.41, 5.74) is 1.89. The number of benzene rings is 2. The molecule has 28 heavy (non-hydrogen) atoms. The van der Waals surface area contributed by atoms with E-state index in [0.717, 1.165) is 12.4 Å². The zero-order chi connectivity index (χ0) is 20.3. The Balaban J connectivity index is 1.94. The number of amidine groups is 1. The number of nitrogens with one attached hydrogen (secondary N) is 2. The first kappa shape index (κ1) is 19.5. The average molecular weight is 381 g/mol. The van der Waals surface area contributed by atoms with E-state index in [1.165, 1.54) is 17.0 Å². The maximum atomic E-state index is 14.4. The van der Waals surface area contributed by atoms with Crippen molar-refractivity contribution in [3.05, 3.63) is 53.6 Å². The fourth-order valence-corrected chi connectivity index (χ4v) is 3.63. The molecular weight excluding hydrogens is 360 g/mol. The van der Waals surface area contributed by atoms with Gasteiger partial charge in [-0.2, -0.15) is 5.26 Å². The molecule has 5 nitrogen and oxygen atoms in total. The Labute approximate surface area is 162 Å². The first-order chi connectivity index (χ1) is 13.5. The van der Waals surface area contributed by atoms with E-state index in [4.69, 9.17) is 10.8 Å². The molecule has 144 valence electrons. The summed E-state index contributed by atoms with van der Waals surface area (Å²) in [5.74, 6) is -0.884. The number of anilines is 1. The number of halogens is 2. The summed E-state index contributed by atoms with van der Waals surface area (Å²) >= 11 is 0. The van der Waals surface area contributed by atoms with E-state index in [1.54, 1.807) is 25.2 Å². The first-order valence-corrected chi connectivity index (χ1v) is 9.01. The lowest BCUT2D eigenvalue weighted by atomic mass is 9.92. The second kappa shape index (κ2) is 8.17. The number of hydrogen-bond acceptors (Lipinski definition) is 4. The SMILES string of the molecule is CN(C=N)C(=N)C1CCN(c2c(C#N)cccc2-c2ccc(F)cc2F)CC1. The van der Waals surface area contributed by atoms with Gasteiger partial charge >= 0.3 is 0 Å². The van der Waals surface area contributed by atoms with Crippen LogP contribution in [0.1, 0.15) is 18.4 Å². The van der Waals surface area contributed by atoms with E-state index in [2.05, 4.69) is 6.07 Å². The minimum Gasteiger partial charge on any atom is -0.370 e. The van der Waals surface area contributed by atoms with Crippen LogP contribution < -0.4 is 4.90 Å². The highest BCUT2D eigenvalue weighted by atomic mass is 19.1. The number of rotatable bonds is 4. The van der Waals surface area contributed by atoms with Crippen molar-refractivity contribution in [3.63, 3.8) is 0 Å². The van der Waals surface area contributed by atoms with Crippen molar-refractivity contribution in [2.24, 2.45) is 5.92 Å². The van der Waals surface area contributed by atoms with Gasteiger partial charge in [-0.25, -0.2) is 8.78 Å². The third kappa shape index (κ3) is 3.72. The van der Waals surface area contributed by atoms with E-state index in [-0.39, 0.29) is 11.5 Å². The highest BCUT2D eigenvalue weighted by molar-refractivity contribution is 5.90. The molecule has 7 heteroatoms. The van der Waals surface area contributed by atoms with Crippen molar-refractivity contribution in [2.45, 2.75) is 12.8 Å². The number of nitrogens with zero attached hydrogens (tertiary/aromatic N) is 3. The summed E-state index contributed by atoms with van der Waals surface area (Å²) in [7, 11) is 1.68. The number of hydrogen-bond donors (Lipinski definition) is 2. The largest absolute Gasteiger partial charge is 0.370 e. The maximum absolute atomic E-state index is 14.4. The third-order valence-corrected chi connectivity index (χ3v) is 5.15. The van der Waals surface area contributed by atoms with Crippen LogP contribution in [0.5, 0.6) is 0 Å². The molecule has 0 radical (unpaired) electrons. The van der Waals surface area contributed by atoms with Crippen molar-refractivity contribution in [1.29, 1.82) is 16.1 Å². The lowest BCUT2D eigenvalue weighted by Gasteiger charge is -2.36. The van der Waals surface area contributed by atoms with Crippen LogP contribution in [-0.2, 0) is 0 Å². The van der Waals surface area contributed by atoms with Gasteiger partial charge in [-0.1, -0.05) is 12.1 Å². The molecule has 2 aromatic carbocycles. The first-order valence-electron chi connectivity index (χ1n) is 9.01. The molecule has 0 saturated carbocycles. The van der Waals surface area contributed by atoms with Gasteiger partial charge in [0.1, 0.15) is 23.5 Å². The molecule has 0 bridgehead atoms. The van der Waals surface area contributed by atoms with Gasteiger partial charge in [-0.3, -0.25) is 10.8 Å². The van der Waals surface area contributed by atoms with Crippen LogP contribution in [0.25, 0.3) is 11.1 Å². The van der Waals surface area contributed by atoms with Gasteiger partial charge < -0.3 is 9.80 Å². The Morgan fingerprint density at radius 2 is 1.93 bits per heavy atom. The second-order valence-corrected chi connectivity index (χ2v) is 6.82. The van der Waals surface area contributed by atoms with Crippen molar-refractivity contribution in [3.8, 4) is 17.2 Å². The van der Waals surface area contributed by atoms with Crippen LogP contribution in [0.15, 0.2) is 36.4 Å². The summed E-state index contributed by atoms with van der Waals surface area (Å²) in [5, 5.41) is 25.1. The molecule has 2 aromatic rings. The maximum Gasteiger partial charge on any atom is 0.134 e. The average Bonchev–Trinajstić information content (AvgIpc) is 2.72. The molecule has 0 unspecified atom stereocenters. The Kier molecular flexibility index (Phi) is 5.69. The molecule has 0 aromatic heterocycles. The molecule has 1 heterocycles. The zero-order valence-corrected chi connectivity index (χ0v) is 15.5. The molecule has 2 N–H and O–H groups in total. The molecule has 0 aliphatic carbocycles. The highest BCUT2D eigenvalue weighted by Gasteiger charge is 2.27. The standard InChI is InChI=1S/C21H21F2N5/c1-27(13-25)21(26)14-7-9-28(10-8-14)20-15(12-24)3-2-4-18(20)17-6-5-16(22)11-19(17)23/h2-6,11,13-14,25-26H,7-10H2,1H3. The Bertz CT molecular complexity index is 942. The summed E-state index contributed by atoms with van der Waals surface area (Å²) in [6.45, 7) is 1.21. The quantitative estimate of drug-likeness (QED) is 0.614. The van der Waals surface area contributed by atoms with Gasteiger partial charge in [-0.05, 0) is 31.0 Å². The van der Waals surface area contributed by atoms with E-state index in [9.17, 15) is 14.0 Å². The number of piperidine rings is 1. The van der Waals surface area contributed by atoms with Gasteiger partial charge in [0.25, 0.3) is 0 Å². The fourth-order valence-electron chi connectivity index (χ4n) is 3.63. The van der Waals surface area contributed by atoms with Crippen molar-refractivity contribution >= 4 is 17.9 Å². The monoisotopic (exact) mass is 381 g/mol. The van der Waals surface area contributed by atoms with Gasteiger partial charge in [0.05, 0.1) is 17.6 Å². The Morgan fingerprint density at radius 3 is 2.54 bits per heavy atom. The van der Waals surface area contributed by atoms with Crippen LogP contribution in [-0.4, -0.2) is 37.2 Å². The van der Waals surface area contributed by atoms with Crippen molar-refractivity contribution < 1.29 is 8.78 Å². The third-order valence-electron chi connectivity index (χ3n) is 5.15. The minimum absolute atomic E-state index is 0.0307.